The summed E-state index contributed by atoms with van der Waals surface area (Å²) >= 11 is 1.41. The van der Waals surface area contributed by atoms with Crippen LogP contribution >= 0.6 is 11.8 Å². The summed E-state index contributed by atoms with van der Waals surface area (Å²) in [5.74, 6) is 0. The standard InChI is InChI=1S/C7H9NOS/c9-7-4-5-6(10-7)2-1-3-8-5/h2,5,8H,1,3-4H2. The third kappa shape index (κ3) is 0.995. The highest BCUT2D eigenvalue weighted by atomic mass is 32.2. The van der Waals surface area contributed by atoms with Gasteiger partial charge in [0.05, 0.1) is 0 Å². The zero-order valence-corrected chi connectivity index (χ0v) is 6.41. The van der Waals surface area contributed by atoms with E-state index in [0.717, 1.165) is 13.0 Å². The second-order valence-corrected chi connectivity index (χ2v) is 3.71. The minimum Gasteiger partial charge on any atom is -0.309 e. The highest BCUT2D eigenvalue weighted by molar-refractivity contribution is 8.17. The molecule has 10 heavy (non-hydrogen) atoms. The fourth-order valence-electron chi connectivity index (χ4n) is 1.34. The molecule has 0 bridgehead atoms. The summed E-state index contributed by atoms with van der Waals surface area (Å²) in [5.41, 5.74) is 0. The number of nitrogens with one attached hydrogen (secondary N) is 1. The molecule has 1 atom stereocenters. The third-order valence-corrected chi connectivity index (χ3v) is 2.91. The predicted molar refractivity (Wildman–Crippen MR) is 41.7 cm³/mol. The Bertz CT molecular complexity index is 200. The van der Waals surface area contributed by atoms with Gasteiger partial charge >= 0.3 is 0 Å². The number of hydrogen-bond donors (Lipinski definition) is 1. The molecule has 0 aliphatic carbocycles. The number of carbonyl (C=O) groups is 1. The van der Waals surface area contributed by atoms with Gasteiger partial charge in [0.15, 0.2) is 5.12 Å². The van der Waals surface area contributed by atoms with Crippen molar-refractivity contribution in [3.63, 3.8) is 0 Å². The topological polar surface area (TPSA) is 29.1 Å². The quantitative estimate of drug-likeness (QED) is 0.563. The summed E-state index contributed by atoms with van der Waals surface area (Å²) in [5, 5.41) is 3.61. The molecule has 1 saturated heterocycles. The van der Waals surface area contributed by atoms with Gasteiger partial charge in [-0.2, -0.15) is 0 Å². The van der Waals surface area contributed by atoms with E-state index in [1.807, 2.05) is 0 Å². The molecule has 0 amide bonds. The first-order valence-electron chi connectivity index (χ1n) is 3.50. The summed E-state index contributed by atoms with van der Waals surface area (Å²) in [6.07, 6.45) is 3.94. The highest BCUT2D eigenvalue weighted by Crippen LogP contribution is 2.33. The van der Waals surface area contributed by atoms with Gasteiger partial charge in [-0.05, 0) is 13.0 Å². The Morgan fingerprint density at radius 2 is 2.60 bits per heavy atom. The molecule has 2 rings (SSSR count). The van der Waals surface area contributed by atoms with E-state index >= 15 is 0 Å². The van der Waals surface area contributed by atoms with E-state index in [1.165, 1.54) is 16.7 Å². The average Bonchev–Trinajstić information content (AvgIpc) is 2.27. The van der Waals surface area contributed by atoms with Crippen molar-refractivity contribution in [1.82, 2.24) is 5.32 Å². The molecule has 0 aromatic heterocycles. The van der Waals surface area contributed by atoms with Crippen molar-refractivity contribution in [2.45, 2.75) is 18.9 Å². The van der Waals surface area contributed by atoms with Crippen LogP contribution < -0.4 is 5.32 Å². The SMILES string of the molecule is O=C1CC2NCCC=C2S1. The molecule has 1 unspecified atom stereocenters. The molecule has 0 aromatic rings. The first-order chi connectivity index (χ1) is 4.86. The van der Waals surface area contributed by atoms with E-state index in [2.05, 4.69) is 11.4 Å². The number of rotatable bonds is 0. The van der Waals surface area contributed by atoms with Gasteiger partial charge in [-0.15, -0.1) is 0 Å². The lowest BCUT2D eigenvalue weighted by Crippen LogP contribution is -2.31. The van der Waals surface area contributed by atoms with Gasteiger partial charge in [-0.25, -0.2) is 0 Å². The summed E-state index contributed by atoms with van der Waals surface area (Å²) in [6, 6.07) is 0.367. The normalized spacial score (nSPS) is 31.8. The molecule has 2 aliphatic heterocycles. The molecule has 3 heteroatoms. The van der Waals surface area contributed by atoms with Crippen LogP contribution in [0.1, 0.15) is 12.8 Å². The maximum absolute atomic E-state index is 10.9. The largest absolute Gasteiger partial charge is 0.309 e. The third-order valence-electron chi connectivity index (χ3n) is 1.83. The predicted octanol–water partition coefficient (Wildman–Crippen LogP) is 0.896. The van der Waals surface area contributed by atoms with Crippen LogP contribution in [0.25, 0.3) is 0 Å². The molecule has 0 spiro atoms. The van der Waals surface area contributed by atoms with E-state index in [1.54, 1.807) is 0 Å². The number of carbonyl (C=O) groups excluding carboxylic acids is 1. The number of fused-ring (bicyclic) bond motifs is 1. The number of thioether (sulfide) groups is 1. The Kier molecular flexibility index (Phi) is 1.54. The average molecular weight is 155 g/mol. The lowest BCUT2D eigenvalue weighted by molar-refractivity contribution is -0.110. The molecule has 2 aliphatic rings. The van der Waals surface area contributed by atoms with Crippen molar-refractivity contribution in [1.29, 1.82) is 0 Å². The van der Waals surface area contributed by atoms with Crippen LogP contribution in [0.4, 0.5) is 0 Å². The van der Waals surface area contributed by atoms with Crippen molar-refractivity contribution in [3.8, 4) is 0 Å². The van der Waals surface area contributed by atoms with Crippen LogP contribution in [0, 0.1) is 0 Å². The van der Waals surface area contributed by atoms with Crippen LogP contribution in [0.3, 0.4) is 0 Å². The molecular formula is C7H9NOS. The van der Waals surface area contributed by atoms with Crippen LogP contribution in [0.2, 0.25) is 0 Å². The van der Waals surface area contributed by atoms with Gasteiger partial charge in [-0.3, -0.25) is 4.79 Å². The molecule has 54 valence electrons. The van der Waals surface area contributed by atoms with E-state index < -0.39 is 0 Å². The van der Waals surface area contributed by atoms with E-state index in [9.17, 15) is 4.79 Å². The minimum absolute atomic E-state index is 0.311. The summed E-state index contributed by atoms with van der Waals surface area (Å²) in [4.78, 5) is 12.1. The van der Waals surface area contributed by atoms with Gasteiger partial charge in [0.2, 0.25) is 0 Å². The monoisotopic (exact) mass is 155 g/mol. The molecular weight excluding hydrogens is 146 g/mol. The van der Waals surface area contributed by atoms with Gasteiger partial charge in [-0.1, -0.05) is 17.8 Å². The Balaban J connectivity index is 2.20. The maximum atomic E-state index is 10.9. The molecule has 0 saturated carbocycles. The first-order valence-corrected chi connectivity index (χ1v) is 4.32. The van der Waals surface area contributed by atoms with Crippen LogP contribution in [0.5, 0.6) is 0 Å². The summed E-state index contributed by atoms with van der Waals surface area (Å²) in [7, 11) is 0. The Morgan fingerprint density at radius 1 is 1.70 bits per heavy atom. The first kappa shape index (κ1) is 6.43. The van der Waals surface area contributed by atoms with Crippen LogP contribution in [-0.2, 0) is 4.79 Å². The van der Waals surface area contributed by atoms with Gasteiger partial charge in [0.1, 0.15) is 0 Å². The van der Waals surface area contributed by atoms with E-state index in [-0.39, 0.29) is 0 Å². The fourth-order valence-corrected chi connectivity index (χ4v) is 2.36. The molecule has 0 aromatic carbocycles. The second-order valence-electron chi connectivity index (χ2n) is 2.58. The minimum atomic E-state index is 0.311. The molecule has 0 radical (unpaired) electrons. The van der Waals surface area contributed by atoms with Gasteiger partial charge in [0, 0.05) is 17.4 Å². The van der Waals surface area contributed by atoms with Crippen molar-refractivity contribution in [2.24, 2.45) is 0 Å². The Labute approximate surface area is 64.1 Å². The van der Waals surface area contributed by atoms with E-state index in [0.29, 0.717) is 17.6 Å². The molecule has 2 heterocycles. The van der Waals surface area contributed by atoms with Crippen LogP contribution in [0.15, 0.2) is 11.0 Å². The smallest absolute Gasteiger partial charge is 0.195 e. The van der Waals surface area contributed by atoms with Crippen molar-refractivity contribution >= 4 is 16.9 Å². The highest BCUT2D eigenvalue weighted by Gasteiger charge is 2.29. The van der Waals surface area contributed by atoms with Gasteiger partial charge in [0.25, 0.3) is 0 Å². The Hall–Kier alpha value is -0.280. The van der Waals surface area contributed by atoms with Crippen molar-refractivity contribution in [3.05, 3.63) is 11.0 Å². The van der Waals surface area contributed by atoms with Gasteiger partial charge < -0.3 is 5.32 Å². The number of hydrogen-bond acceptors (Lipinski definition) is 3. The zero-order valence-electron chi connectivity index (χ0n) is 5.59. The molecule has 1 fully saturated rings. The molecule has 1 N–H and O–H groups in total. The van der Waals surface area contributed by atoms with Crippen molar-refractivity contribution in [2.75, 3.05) is 6.54 Å². The Morgan fingerprint density at radius 3 is 3.40 bits per heavy atom. The molecule has 2 nitrogen and oxygen atoms in total. The zero-order chi connectivity index (χ0) is 6.97. The van der Waals surface area contributed by atoms with Crippen molar-refractivity contribution < 1.29 is 4.79 Å². The van der Waals surface area contributed by atoms with Crippen LogP contribution in [-0.4, -0.2) is 17.7 Å². The maximum Gasteiger partial charge on any atom is 0.195 e. The summed E-state index contributed by atoms with van der Waals surface area (Å²) < 4.78 is 0. The second kappa shape index (κ2) is 2.40. The lowest BCUT2D eigenvalue weighted by Gasteiger charge is -2.16. The lowest BCUT2D eigenvalue weighted by atomic mass is 10.1. The summed E-state index contributed by atoms with van der Waals surface area (Å²) in [6.45, 7) is 1.03. The van der Waals surface area contributed by atoms with E-state index in [4.69, 9.17) is 0 Å². The fraction of sp³-hybridized carbons (Fsp3) is 0.571.